The number of hydrogen-bond donors (Lipinski definition) is 2. The zero-order valence-corrected chi connectivity index (χ0v) is 12.2. The Bertz CT molecular complexity index is 460. The summed E-state index contributed by atoms with van der Waals surface area (Å²) < 4.78 is 5.53. The van der Waals surface area contributed by atoms with Crippen LogP contribution in [0.5, 0.6) is 5.75 Å². The molecule has 0 spiro atoms. The molecule has 0 aliphatic carbocycles. The second kappa shape index (κ2) is 7.21. The molecule has 6 heteroatoms. The number of rotatable bonds is 8. The minimum Gasteiger partial charge on any atom is -0.490 e. The van der Waals surface area contributed by atoms with Crippen molar-refractivity contribution in [2.24, 2.45) is 0 Å². The van der Waals surface area contributed by atoms with Crippen molar-refractivity contribution in [2.75, 3.05) is 19.7 Å². The molecule has 112 valence electrons. The van der Waals surface area contributed by atoms with E-state index in [1.807, 2.05) is 13.8 Å². The van der Waals surface area contributed by atoms with E-state index in [-0.39, 0.29) is 12.3 Å². The van der Waals surface area contributed by atoms with E-state index in [0.29, 0.717) is 12.3 Å². The minimum absolute atomic E-state index is 0.0191. The number of ether oxygens (including phenoxy) is 1. The lowest BCUT2D eigenvalue weighted by Crippen LogP contribution is -2.43. The van der Waals surface area contributed by atoms with Crippen molar-refractivity contribution in [3.8, 4) is 5.75 Å². The molecule has 0 radical (unpaired) electrons. The van der Waals surface area contributed by atoms with Crippen molar-refractivity contribution < 1.29 is 14.8 Å². The molecule has 1 unspecified atom stereocenters. The largest absolute Gasteiger partial charge is 0.490 e. The molecule has 0 saturated heterocycles. The number of benzene rings is 1. The average Bonchev–Trinajstić information content (AvgIpc) is 2.37. The van der Waals surface area contributed by atoms with Crippen LogP contribution in [0.2, 0.25) is 0 Å². The van der Waals surface area contributed by atoms with Crippen LogP contribution >= 0.6 is 0 Å². The van der Waals surface area contributed by atoms with Crippen LogP contribution in [-0.4, -0.2) is 35.3 Å². The van der Waals surface area contributed by atoms with Crippen molar-refractivity contribution in [2.45, 2.75) is 32.8 Å². The van der Waals surface area contributed by atoms with Crippen LogP contribution in [0.4, 0.5) is 5.69 Å². The molecule has 0 bridgehead atoms. The first kappa shape index (κ1) is 16.4. The van der Waals surface area contributed by atoms with E-state index in [9.17, 15) is 15.2 Å². The monoisotopic (exact) mass is 282 g/mol. The fourth-order valence-corrected chi connectivity index (χ4v) is 1.68. The second-order valence-corrected chi connectivity index (χ2v) is 5.17. The van der Waals surface area contributed by atoms with Crippen LogP contribution in [0.15, 0.2) is 18.2 Å². The molecule has 0 aromatic heterocycles. The highest BCUT2D eigenvalue weighted by atomic mass is 16.6. The van der Waals surface area contributed by atoms with Crippen LogP contribution in [0, 0.1) is 17.0 Å². The predicted octanol–water partition coefficient (Wildman–Crippen LogP) is 2.03. The molecular formula is C14H22N2O4. The summed E-state index contributed by atoms with van der Waals surface area (Å²) in [6.45, 7) is 6.84. The van der Waals surface area contributed by atoms with Crippen molar-refractivity contribution in [1.82, 2.24) is 5.32 Å². The van der Waals surface area contributed by atoms with E-state index in [1.54, 1.807) is 13.0 Å². The first-order valence-corrected chi connectivity index (χ1v) is 6.66. The van der Waals surface area contributed by atoms with Gasteiger partial charge in [0, 0.05) is 12.6 Å². The Hall–Kier alpha value is -1.66. The Balaban J connectivity index is 2.64. The molecule has 20 heavy (non-hydrogen) atoms. The van der Waals surface area contributed by atoms with E-state index in [0.717, 1.165) is 18.5 Å². The number of hydrogen-bond acceptors (Lipinski definition) is 5. The van der Waals surface area contributed by atoms with Gasteiger partial charge in [-0.15, -0.1) is 0 Å². The highest BCUT2D eigenvalue weighted by Crippen LogP contribution is 2.24. The maximum atomic E-state index is 10.7. The Morgan fingerprint density at radius 1 is 1.50 bits per heavy atom. The summed E-state index contributed by atoms with van der Waals surface area (Å²) in [6, 6.07) is 4.45. The van der Waals surface area contributed by atoms with Gasteiger partial charge >= 0.3 is 0 Å². The first-order chi connectivity index (χ1) is 9.35. The van der Waals surface area contributed by atoms with Crippen LogP contribution < -0.4 is 10.1 Å². The van der Waals surface area contributed by atoms with E-state index in [1.165, 1.54) is 12.1 Å². The van der Waals surface area contributed by atoms with Gasteiger partial charge in [-0.25, -0.2) is 0 Å². The Morgan fingerprint density at radius 3 is 2.80 bits per heavy atom. The minimum atomic E-state index is -1.02. The Labute approximate surface area is 118 Å². The number of aliphatic hydroxyl groups is 1. The molecule has 2 N–H and O–H groups in total. The lowest BCUT2D eigenvalue weighted by molar-refractivity contribution is -0.385. The summed E-state index contributed by atoms with van der Waals surface area (Å²) in [6.07, 6.45) is 0.987. The molecule has 0 heterocycles. The molecule has 0 aliphatic heterocycles. The second-order valence-electron chi connectivity index (χ2n) is 5.17. The fourth-order valence-electron chi connectivity index (χ4n) is 1.68. The highest BCUT2D eigenvalue weighted by Gasteiger charge is 2.21. The number of nitrogens with zero attached hydrogens (tertiary/aromatic N) is 1. The Kier molecular flexibility index (Phi) is 5.91. The van der Waals surface area contributed by atoms with Gasteiger partial charge in [0.25, 0.3) is 5.69 Å². The van der Waals surface area contributed by atoms with Gasteiger partial charge in [0.2, 0.25) is 0 Å². The van der Waals surface area contributed by atoms with Crippen LogP contribution in [0.25, 0.3) is 0 Å². The predicted molar refractivity (Wildman–Crippen MR) is 77.1 cm³/mol. The standard InChI is InChI=1S/C14H22N2O4/c1-4-7-15-9-14(3,17)10-20-13-8-12(16(18)19)6-5-11(13)2/h5-6,8,15,17H,4,7,9-10H2,1-3H3. The number of nitrogens with one attached hydrogen (secondary N) is 1. The molecule has 0 amide bonds. The van der Waals surface area contributed by atoms with Gasteiger partial charge in [-0.05, 0) is 38.4 Å². The van der Waals surface area contributed by atoms with Crippen LogP contribution in [0.1, 0.15) is 25.8 Å². The quantitative estimate of drug-likeness (QED) is 0.433. The summed E-state index contributed by atoms with van der Waals surface area (Å²) in [5.74, 6) is 0.426. The summed E-state index contributed by atoms with van der Waals surface area (Å²) >= 11 is 0. The topological polar surface area (TPSA) is 84.6 Å². The van der Waals surface area contributed by atoms with Gasteiger partial charge in [-0.3, -0.25) is 10.1 Å². The molecular weight excluding hydrogens is 260 g/mol. The summed E-state index contributed by atoms with van der Waals surface area (Å²) in [5.41, 5.74) is -0.242. The van der Waals surface area contributed by atoms with E-state index >= 15 is 0 Å². The van der Waals surface area contributed by atoms with Crippen molar-refractivity contribution in [3.63, 3.8) is 0 Å². The maximum Gasteiger partial charge on any atom is 0.273 e. The van der Waals surface area contributed by atoms with E-state index in [4.69, 9.17) is 4.74 Å². The average molecular weight is 282 g/mol. The van der Waals surface area contributed by atoms with Gasteiger partial charge in [-0.1, -0.05) is 6.92 Å². The van der Waals surface area contributed by atoms with Crippen molar-refractivity contribution in [3.05, 3.63) is 33.9 Å². The first-order valence-electron chi connectivity index (χ1n) is 6.66. The third-order valence-corrected chi connectivity index (χ3v) is 2.85. The number of nitro groups is 1. The van der Waals surface area contributed by atoms with Crippen molar-refractivity contribution in [1.29, 1.82) is 0 Å². The molecule has 0 aliphatic rings. The number of nitro benzene ring substituents is 1. The third kappa shape index (κ3) is 5.14. The zero-order valence-electron chi connectivity index (χ0n) is 12.2. The summed E-state index contributed by atoms with van der Waals surface area (Å²) in [5, 5.41) is 24.0. The molecule has 1 aromatic carbocycles. The van der Waals surface area contributed by atoms with E-state index in [2.05, 4.69) is 5.32 Å². The van der Waals surface area contributed by atoms with Gasteiger partial charge in [-0.2, -0.15) is 0 Å². The smallest absolute Gasteiger partial charge is 0.273 e. The fraction of sp³-hybridized carbons (Fsp3) is 0.571. The molecule has 6 nitrogen and oxygen atoms in total. The highest BCUT2D eigenvalue weighted by molar-refractivity contribution is 5.43. The van der Waals surface area contributed by atoms with Gasteiger partial charge in [0.05, 0.1) is 11.0 Å². The SMILES string of the molecule is CCCNCC(C)(O)COc1cc([N+](=O)[O-])ccc1C. The van der Waals surface area contributed by atoms with E-state index < -0.39 is 10.5 Å². The third-order valence-electron chi connectivity index (χ3n) is 2.85. The van der Waals surface area contributed by atoms with Gasteiger partial charge < -0.3 is 15.2 Å². The lowest BCUT2D eigenvalue weighted by Gasteiger charge is -2.24. The Morgan fingerprint density at radius 2 is 2.20 bits per heavy atom. The van der Waals surface area contributed by atoms with Crippen LogP contribution in [0.3, 0.4) is 0 Å². The molecule has 1 rings (SSSR count). The number of non-ortho nitro benzene ring substituents is 1. The molecule has 0 saturated carbocycles. The lowest BCUT2D eigenvalue weighted by atomic mass is 10.1. The normalized spacial score (nSPS) is 13.8. The van der Waals surface area contributed by atoms with Crippen LogP contribution in [-0.2, 0) is 0 Å². The summed E-state index contributed by atoms with van der Waals surface area (Å²) in [4.78, 5) is 10.3. The maximum absolute atomic E-state index is 10.7. The summed E-state index contributed by atoms with van der Waals surface area (Å²) in [7, 11) is 0. The van der Waals surface area contributed by atoms with Gasteiger partial charge in [0.1, 0.15) is 18.0 Å². The molecule has 1 aromatic rings. The van der Waals surface area contributed by atoms with Gasteiger partial charge in [0.15, 0.2) is 0 Å². The number of aryl methyl sites for hydroxylation is 1. The van der Waals surface area contributed by atoms with Crippen molar-refractivity contribution >= 4 is 5.69 Å². The zero-order chi connectivity index (χ0) is 15.2. The molecule has 0 fully saturated rings. The molecule has 1 atom stereocenters.